The molecule has 0 saturated carbocycles. The zero-order valence-corrected chi connectivity index (χ0v) is 7.43. The number of benzene rings is 1. The standard InChI is InChI=1S/C10H11NO2/c1-9-4-6-10(7-5-9)3-2-8-11(12)13/h2-7H,8H2,1H3/b3-2+. The molecule has 0 spiro atoms. The van der Waals surface area contributed by atoms with E-state index >= 15 is 0 Å². The van der Waals surface area contributed by atoms with E-state index in [1.54, 1.807) is 12.2 Å². The lowest BCUT2D eigenvalue weighted by Crippen LogP contribution is -1.95. The molecule has 1 aromatic rings. The molecule has 0 unspecified atom stereocenters. The van der Waals surface area contributed by atoms with Gasteiger partial charge in [-0.3, -0.25) is 10.1 Å². The van der Waals surface area contributed by atoms with Crippen LogP contribution in [0.3, 0.4) is 0 Å². The first-order valence-corrected chi connectivity index (χ1v) is 4.03. The van der Waals surface area contributed by atoms with Crippen molar-refractivity contribution in [2.24, 2.45) is 0 Å². The molecule has 0 fully saturated rings. The van der Waals surface area contributed by atoms with Crippen molar-refractivity contribution < 1.29 is 4.92 Å². The summed E-state index contributed by atoms with van der Waals surface area (Å²) in [5.74, 6) is 0. The molecular formula is C10H11NO2. The molecule has 3 heteroatoms. The molecule has 0 aliphatic carbocycles. The summed E-state index contributed by atoms with van der Waals surface area (Å²) in [7, 11) is 0. The van der Waals surface area contributed by atoms with Crippen molar-refractivity contribution in [3.8, 4) is 0 Å². The third kappa shape index (κ3) is 3.51. The normalized spacial score (nSPS) is 10.5. The highest BCUT2D eigenvalue weighted by Gasteiger charge is 1.89. The van der Waals surface area contributed by atoms with E-state index in [0.717, 1.165) is 5.56 Å². The zero-order valence-electron chi connectivity index (χ0n) is 7.43. The monoisotopic (exact) mass is 177 g/mol. The maximum atomic E-state index is 10.00. The van der Waals surface area contributed by atoms with Crippen molar-refractivity contribution in [1.29, 1.82) is 0 Å². The molecule has 1 rings (SSSR count). The minimum Gasteiger partial charge on any atom is -0.264 e. The van der Waals surface area contributed by atoms with Crippen LogP contribution in [0.5, 0.6) is 0 Å². The fourth-order valence-corrected chi connectivity index (χ4v) is 0.952. The molecular weight excluding hydrogens is 166 g/mol. The summed E-state index contributed by atoms with van der Waals surface area (Å²) >= 11 is 0. The average Bonchev–Trinajstić information content (AvgIpc) is 2.08. The summed E-state index contributed by atoms with van der Waals surface area (Å²) in [4.78, 5) is 9.64. The fourth-order valence-electron chi connectivity index (χ4n) is 0.952. The largest absolute Gasteiger partial charge is 0.264 e. The molecule has 0 heterocycles. The second-order valence-corrected chi connectivity index (χ2v) is 2.83. The van der Waals surface area contributed by atoms with Gasteiger partial charge in [0.15, 0.2) is 0 Å². The van der Waals surface area contributed by atoms with E-state index < -0.39 is 0 Å². The summed E-state index contributed by atoms with van der Waals surface area (Å²) < 4.78 is 0. The topological polar surface area (TPSA) is 43.1 Å². The highest BCUT2D eigenvalue weighted by molar-refractivity contribution is 5.49. The van der Waals surface area contributed by atoms with Crippen LogP contribution in [0.2, 0.25) is 0 Å². The van der Waals surface area contributed by atoms with Gasteiger partial charge in [-0.25, -0.2) is 0 Å². The van der Waals surface area contributed by atoms with E-state index in [1.165, 1.54) is 5.56 Å². The molecule has 0 bridgehead atoms. The van der Waals surface area contributed by atoms with Gasteiger partial charge in [0.25, 0.3) is 0 Å². The van der Waals surface area contributed by atoms with Crippen LogP contribution in [0, 0.1) is 17.0 Å². The summed E-state index contributed by atoms with van der Waals surface area (Å²) in [5.41, 5.74) is 2.18. The van der Waals surface area contributed by atoms with Gasteiger partial charge in [0.2, 0.25) is 6.54 Å². The molecule has 0 saturated heterocycles. The SMILES string of the molecule is Cc1ccc(/C=C/C[N+](=O)[O-])cc1. The Morgan fingerprint density at radius 3 is 2.54 bits per heavy atom. The number of hydrogen-bond donors (Lipinski definition) is 0. The Morgan fingerprint density at radius 2 is 2.00 bits per heavy atom. The third-order valence-electron chi connectivity index (χ3n) is 1.64. The van der Waals surface area contributed by atoms with Gasteiger partial charge in [-0.1, -0.05) is 35.9 Å². The highest BCUT2D eigenvalue weighted by Crippen LogP contribution is 2.04. The summed E-state index contributed by atoms with van der Waals surface area (Å²) in [5, 5.41) is 10.00. The number of aryl methyl sites for hydroxylation is 1. The van der Waals surface area contributed by atoms with Crippen LogP contribution >= 0.6 is 0 Å². The van der Waals surface area contributed by atoms with E-state index in [4.69, 9.17) is 0 Å². The van der Waals surface area contributed by atoms with Crippen molar-refractivity contribution in [2.75, 3.05) is 6.54 Å². The van der Waals surface area contributed by atoms with E-state index in [1.807, 2.05) is 31.2 Å². The Kier molecular flexibility index (Phi) is 3.20. The molecule has 3 nitrogen and oxygen atoms in total. The predicted molar refractivity (Wildman–Crippen MR) is 52.1 cm³/mol. The van der Waals surface area contributed by atoms with E-state index in [0.29, 0.717) is 0 Å². The molecule has 0 amide bonds. The minimum absolute atomic E-state index is 0.117. The van der Waals surface area contributed by atoms with Gasteiger partial charge in [0.1, 0.15) is 0 Å². The molecule has 0 aliphatic heterocycles. The molecule has 1 aromatic carbocycles. The lowest BCUT2D eigenvalue weighted by atomic mass is 10.1. The maximum absolute atomic E-state index is 10.00. The molecule has 13 heavy (non-hydrogen) atoms. The summed E-state index contributed by atoms with van der Waals surface area (Å²) in [6.45, 7) is 1.89. The van der Waals surface area contributed by atoms with Crippen molar-refractivity contribution in [3.05, 3.63) is 51.6 Å². The Balaban J connectivity index is 2.59. The van der Waals surface area contributed by atoms with Crippen LogP contribution in [0.1, 0.15) is 11.1 Å². The van der Waals surface area contributed by atoms with Crippen LogP contribution in [-0.2, 0) is 0 Å². The second kappa shape index (κ2) is 4.40. The minimum atomic E-state index is -0.356. The Morgan fingerprint density at radius 1 is 1.38 bits per heavy atom. The first kappa shape index (κ1) is 9.45. The molecule has 68 valence electrons. The number of hydrogen-bond acceptors (Lipinski definition) is 2. The quantitative estimate of drug-likeness (QED) is 0.525. The van der Waals surface area contributed by atoms with Crippen LogP contribution in [-0.4, -0.2) is 11.5 Å². The van der Waals surface area contributed by atoms with Crippen molar-refractivity contribution in [1.82, 2.24) is 0 Å². The second-order valence-electron chi connectivity index (χ2n) is 2.83. The van der Waals surface area contributed by atoms with Gasteiger partial charge in [-0.15, -0.1) is 0 Å². The van der Waals surface area contributed by atoms with Gasteiger partial charge in [0, 0.05) is 4.92 Å². The fraction of sp³-hybridized carbons (Fsp3) is 0.200. The van der Waals surface area contributed by atoms with Gasteiger partial charge in [-0.05, 0) is 18.6 Å². The highest BCUT2D eigenvalue weighted by atomic mass is 16.6. The van der Waals surface area contributed by atoms with E-state index in [-0.39, 0.29) is 11.5 Å². The summed E-state index contributed by atoms with van der Waals surface area (Å²) in [6, 6.07) is 7.83. The lowest BCUT2D eigenvalue weighted by Gasteiger charge is -1.93. The molecule has 0 atom stereocenters. The van der Waals surface area contributed by atoms with Crippen LogP contribution < -0.4 is 0 Å². The van der Waals surface area contributed by atoms with Crippen LogP contribution in [0.15, 0.2) is 30.3 Å². The number of nitro groups is 1. The van der Waals surface area contributed by atoms with Gasteiger partial charge >= 0.3 is 0 Å². The Hall–Kier alpha value is -1.64. The third-order valence-corrected chi connectivity index (χ3v) is 1.64. The number of rotatable bonds is 3. The lowest BCUT2D eigenvalue weighted by molar-refractivity contribution is -0.468. The Bertz CT molecular complexity index is 314. The smallest absolute Gasteiger partial charge is 0.222 e. The molecule has 0 radical (unpaired) electrons. The Labute approximate surface area is 76.9 Å². The van der Waals surface area contributed by atoms with Gasteiger partial charge in [0.05, 0.1) is 0 Å². The molecule has 0 N–H and O–H groups in total. The van der Waals surface area contributed by atoms with Crippen molar-refractivity contribution in [3.63, 3.8) is 0 Å². The predicted octanol–water partition coefficient (Wildman–Crippen LogP) is 2.28. The summed E-state index contributed by atoms with van der Waals surface area (Å²) in [6.07, 6.45) is 3.30. The van der Waals surface area contributed by atoms with Crippen molar-refractivity contribution >= 4 is 6.08 Å². The molecule has 0 aliphatic rings. The average molecular weight is 177 g/mol. The van der Waals surface area contributed by atoms with E-state index in [2.05, 4.69) is 0 Å². The van der Waals surface area contributed by atoms with Crippen LogP contribution in [0.4, 0.5) is 0 Å². The maximum Gasteiger partial charge on any atom is 0.222 e. The zero-order chi connectivity index (χ0) is 9.68. The number of nitrogens with zero attached hydrogens (tertiary/aromatic N) is 1. The first-order valence-electron chi connectivity index (χ1n) is 4.03. The van der Waals surface area contributed by atoms with E-state index in [9.17, 15) is 10.1 Å². The van der Waals surface area contributed by atoms with Gasteiger partial charge < -0.3 is 0 Å². The van der Waals surface area contributed by atoms with Gasteiger partial charge in [-0.2, -0.15) is 0 Å². The molecule has 0 aromatic heterocycles. The van der Waals surface area contributed by atoms with Crippen molar-refractivity contribution in [2.45, 2.75) is 6.92 Å². The van der Waals surface area contributed by atoms with Crippen LogP contribution in [0.25, 0.3) is 6.08 Å². The first-order chi connectivity index (χ1) is 6.18.